The first kappa shape index (κ1) is 17.9. The van der Waals surface area contributed by atoms with Crippen molar-refractivity contribution in [2.24, 2.45) is 16.1 Å². The van der Waals surface area contributed by atoms with E-state index in [1.807, 2.05) is 54.6 Å². The molecule has 0 heterocycles. The van der Waals surface area contributed by atoms with Crippen LogP contribution in [-0.2, 0) is 0 Å². The van der Waals surface area contributed by atoms with Crippen molar-refractivity contribution in [3.05, 3.63) is 54.6 Å². The fraction of sp³-hybridized carbons (Fsp3) is 0.278. The van der Waals surface area contributed by atoms with Crippen molar-refractivity contribution < 1.29 is 4.74 Å². The molecule has 24 heavy (non-hydrogen) atoms. The van der Waals surface area contributed by atoms with Gasteiger partial charge in [-0.2, -0.15) is 0 Å². The normalized spacial score (nSPS) is 10.8. The summed E-state index contributed by atoms with van der Waals surface area (Å²) in [5, 5.41) is 8.43. The largest absolute Gasteiger partial charge is 0.491 e. The van der Waals surface area contributed by atoms with Gasteiger partial charge >= 0.3 is 0 Å². The highest BCUT2D eigenvalue weighted by Gasteiger charge is 2.03. The van der Waals surface area contributed by atoms with Crippen LogP contribution in [0, 0.1) is 5.92 Å². The zero-order valence-electron chi connectivity index (χ0n) is 13.9. The van der Waals surface area contributed by atoms with E-state index < -0.39 is 0 Å². The van der Waals surface area contributed by atoms with Crippen LogP contribution in [-0.4, -0.2) is 11.7 Å². The number of azo groups is 1. The summed E-state index contributed by atoms with van der Waals surface area (Å²) in [5.74, 6) is 1.31. The molecule has 5 nitrogen and oxygen atoms in total. The number of nitrogens with one attached hydrogen (secondary N) is 2. The minimum atomic E-state index is 0.246. The van der Waals surface area contributed by atoms with Crippen molar-refractivity contribution in [1.82, 2.24) is 5.43 Å². The van der Waals surface area contributed by atoms with Crippen LogP contribution >= 0.6 is 12.2 Å². The van der Waals surface area contributed by atoms with Crippen LogP contribution in [0.15, 0.2) is 64.8 Å². The zero-order chi connectivity index (χ0) is 17.2. The van der Waals surface area contributed by atoms with Crippen LogP contribution in [0.3, 0.4) is 0 Å². The van der Waals surface area contributed by atoms with Gasteiger partial charge in [0, 0.05) is 0 Å². The van der Waals surface area contributed by atoms with Crippen LogP contribution < -0.4 is 15.6 Å². The van der Waals surface area contributed by atoms with E-state index >= 15 is 0 Å². The van der Waals surface area contributed by atoms with Gasteiger partial charge in [0.15, 0.2) is 0 Å². The second-order valence-corrected chi connectivity index (χ2v) is 6.01. The topological polar surface area (TPSA) is 58.0 Å². The molecule has 0 spiro atoms. The molecule has 2 N–H and O–H groups in total. The van der Waals surface area contributed by atoms with E-state index in [4.69, 9.17) is 17.0 Å². The van der Waals surface area contributed by atoms with E-state index in [-0.39, 0.29) is 5.11 Å². The first-order chi connectivity index (χ1) is 11.6. The molecule has 0 aliphatic carbocycles. The van der Waals surface area contributed by atoms with Crippen LogP contribution in [0.2, 0.25) is 0 Å². The molecular weight excluding hydrogens is 320 g/mol. The van der Waals surface area contributed by atoms with Crippen LogP contribution in [0.1, 0.15) is 20.3 Å². The lowest BCUT2D eigenvalue weighted by Crippen LogP contribution is -2.25. The van der Waals surface area contributed by atoms with Crippen molar-refractivity contribution in [2.45, 2.75) is 20.3 Å². The van der Waals surface area contributed by atoms with Gasteiger partial charge in [-0.1, -0.05) is 44.2 Å². The van der Waals surface area contributed by atoms with Gasteiger partial charge in [0.25, 0.3) is 0 Å². The monoisotopic (exact) mass is 342 g/mol. The standard InChI is InChI=1S/C18H22N4OS/c1-14(2)12-13-23-17-11-7-6-10-16(17)20-22-18(24)21-19-15-8-4-3-5-9-15/h3-11,14,19H,12-13H2,1-2H3,(H,21,24). The molecule has 2 rings (SSSR count). The van der Waals surface area contributed by atoms with Gasteiger partial charge in [0.2, 0.25) is 5.11 Å². The van der Waals surface area contributed by atoms with E-state index in [1.54, 1.807) is 0 Å². The summed E-state index contributed by atoms with van der Waals surface area (Å²) in [7, 11) is 0. The second kappa shape index (κ2) is 9.62. The number of benzene rings is 2. The number of para-hydroxylation sites is 2. The molecule has 0 radical (unpaired) electrons. The maximum absolute atomic E-state index is 5.78. The van der Waals surface area contributed by atoms with Crippen molar-refractivity contribution in [3.63, 3.8) is 0 Å². The summed E-state index contributed by atoms with van der Waals surface area (Å²) in [6.45, 7) is 4.99. The molecule has 126 valence electrons. The third kappa shape index (κ3) is 6.34. The maximum Gasteiger partial charge on any atom is 0.232 e. The molecule has 2 aromatic carbocycles. The van der Waals surface area contributed by atoms with Crippen LogP contribution in [0.25, 0.3) is 0 Å². The Morgan fingerprint density at radius 2 is 1.79 bits per heavy atom. The highest BCUT2D eigenvalue weighted by molar-refractivity contribution is 7.80. The first-order valence-electron chi connectivity index (χ1n) is 7.90. The molecule has 0 saturated carbocycles. The fourth-order valence-corrected chi connectivity index (χ4v) is 1.93. The molecule has 0 amide bonds. The Bertz CT molecular complexity index is 674. The minimum absolute atomic E-state index is 0.246. The summed E-state index contributed by atoms with van der Waals surface area (Å²) in [4.78, 5) is 0. The highest BCUT2D eigenvalue weighted by atomic mass is 32.1. The maximum atomic E-state index is 5.78. The number of hydrogen-bond donors (Lipinski definition) is 2. The average molecular weight is 342 g/mol. The quantitative estimate of drug-likeness (QED) is 0.418. The van der Waals surface area contributed by atoms with Gasteiger partial charge in [-0.25, -0.2) is 0 Å². The van der Waals surface area contributed by atoms with Gasteiger partial charge in [-0.05, 0) is 48.8 Å². The smallest absolute Gasteiger partial charge is 0.232 e. The predicted molar refractivity (Wildman–Crippen MR) is 102 cm³/mol. The first-order valence-corrected chi connectivity index (χ1v) is 8.30. The van der Waals surface area contributed by atoms with Crippen molar-refractivity contribution in [1.29, 1.82) is 0 Å². The summed E-state index contributed by atoms with van der Waals surface area (Å²) < 4.78 is 5.78. The molecule has 2 aromatic rings. The molecule has 0 aliphatic heterocycles. The number of anilines is 1. The molecular formula is C18H22N4OS. The molecule has 0 aromatic heterocycles. The lowest BCUT2D eigenvalue weighted by Gasteiger charge is -2.10. The molecule has 0 unspecified atom stereocenters. The fourth-order valence-electron chi connectivity index (χ4n) is 1.84. The molecule has 0 fully saturated rings. The van der Waals surface area contributed by atoms with Crippen molar-refractivity contribution in [2.75, 3.05) is 12.0 Å². The third-order valence-corrected chi connectivity index (χ3v) is 3.34. The van der Waals surface area contributed by atoms with E-state index in [1.165, 1.54) is 0 Å². The number of thiocarbonyl (C=S) groups is 1. The van der Waals surface area contributed by atoms with Gasteiger partial charge in [0.1, 0.15) is 11.4 Å². The van der Waals surface area contributed by atoms with Gasteiger partial charge in [-0.15, -0.1) is 10.2 Å². The zero-order valence-corrected chi connectivity index (χ0v) is 14.7. The molecule has 0 bridgehead atoms. The summed E-state index contributed by atoms with van der Waals surface area (Å²) in [6.07, 6.45) is 0.993. The predicted octanol–water partition coefficient (Wildman–Crippen LogP) is 5.10. The summed E-state index contributed by atoms with van der Waals surface area (Å²) in [6, 6.07) is 17.2. The van der Waals surface area contributed by atoms with Gasteiger partial charge < -0.3 is 4.74 Å². The Kier molecular flexibility index (Phi) is 7.17. The van der Waals surface area contributed by atoms with E-state index in [2.05, 4.69) is 34.9 Å². The Morgan fingerprint density at radius 1 is 1.08 bits per heavy atom. The Morgan fingerprint density at radius 3 is 2.54 bits per heavy atom. The van der Waals surface area contributed by atoms with Gasteiger partial charge in [0.05, 0.1) is 12.3 Å². The third-order valence-electron chi connectivity index (χ3n) is 3.15. The average Bonchev–Trinajstić information content (AvgIpc) is 2.59. The molecule has 0 aliphatic rings. The van der Waals surface area contributed by atoms with Gasteiger partial charge in [-0.3, -0.25) is 10.9 Å². The summed E-state index contributed by atoms with van der Waals surface area (Å²) in [5.41, 5.74) is 7.35. The lowest BCUT2D eigenvalue weighted by atomic mass is 10.1. The van der Waals surface area contributed by atoms with Crippen LogP contribution in [0.4, 0.5) is 11.4 Å². The molecule has 0 saturated heterocycles. The number of ether oxygens (including phenoxy) is 1. The van der Waals surface area contributed by atoms with E-state index in [0.29, 0.717) is 24.0 Å². The summed E-state index contributed by atoms with van der Waals surface area (Å²) >= 11 is 5.14. The molecule has 6 heteroatoms. The SMILES string of the molecule is CC(C)CCOc1ccccc1N=NC(=S)NNc1ccccc1. The van der Waals surface area contributed by atoms with Crippen LogP contribution in [0.5, 0.6) is 5.75 Å². The number of hydrazine groups is 1. The van der Waals surface area contributed by atoms with E-state index in [0.717, 1.165) is 12.1 Å². The molecule has 0 atom stereocenters. The van der Waals surface area contributed by atoms with Crippen molar-refractivity contribution in [3.8, 4) is 5.75 Å². The number of hydrogen-bond acceptors (Lipinski definition) is 4. The minimum Gasteiger partial charge on any atom is -0.491 e. The van der Waals surface area contributed by atoms with E-state index in [9.17, 15) is 0 Å². The second-order valence-electron chi connectivity index (χ2n) is 5.62. The van der Waals surface area contributed by atoms with Crippen molar-refractivity contribution >= 4 is 28.7 Å². The number of nitrogens with zero attached hydrogens (tertiary/aromatic N) is 2. The number of rotatable bonds is 7. The Hall–Kier alpha value is -2.47. The Balaban J connectivity index is 1.89. The Labute approximate surface area is 148 Å². The highest BCUT2D eigenvalue weighted by Crippen LogP contribution is 2.27. The lowest BCUT2D eigenvalue weighted by molar-refractivity contribution is 0.290.